The minimum Gasteiger partial charge on any atom is -0.449 e. The molecule has 2 N–H and O–H groups in total. The fraction of sp³-hybridized carbons (Fsp3) is 0.400. The number of hydrogen-bond donors (Lipinski definition) is 2. The molecule has 0 aliphatic rings. The molecule has 228 valence electrons. The molecule has 6 rings (SSSR count). The van der Waals surface area contributed by atoms with Crippen molar-refractivity contribution in [3.8, 4) is 0 Å². The minimum absolute atomic E-state index is 0.734. The molecule has 12 heteroatoms. The first kappa shape index (κ1) is 36.1. The molecule has 0 bridgehead atoms. The molecular weight excluding hydrogens is 569 g/mol. The number of nitrogens with one attached hydrogen (secondary N) is 2. The van der Waals surface area contributed by atoms with E-state index in [4.69, 9.17) is 8.83 Å². The highest BCUT2D eigenvalue weighted by Crippen LogP contribution is 2.08. The maximum absolute atomic E-state index is 4.97. The number of aromatic amines is 2. The molecule has 0 spiro atoms. The normalized spacial score (nSPS) is 9.43. The highest BCUT2D eigenvalue weighted by molar-refractivity contribution is 7.11. The number of H-pyrrole nitrogens is 2. The van der Waals surface area contributed by atoms with Crippen LogP contribution in [0.15, 0.2) is 45.3 Å². The Bertz CT molecular complexity index is 1140. The van der Waals surface area contributed by atoms with Crippen molar-refractivity contribution >= 4 is 22.7 Å². The molecule has 0 saturated carbocycles. The summed E-state index contributed by atoms with van der Waals surface area (Å²) in [6.45, 7) is 23.4. The number of thiazole rings is 2. The van der Waals surface area contributed by atoms with Crippen molar-refractivity contribution in [3.05, 3.63) is 103 Å². The van der Waals surface area contributed by atoms with Crippen molar-refractivity contribution in [3.63, 3.8) is 0 Å². The fourth-order valence-electron chi connectivity index (χ4n) is 2.97. The molecule has 42 heavy (non-hydrogen) atoms. The zero-order chi connectivity index (χ0) is 31.7. The summed E-state index contributed by atoms with van der Waals surface area (Å²) in [4.78, 5) is 31.2. The van der Waals surface area contributed by atoms with E-state index in [1.54, 1.807) is 35.1 Å². The third-order valence-electron chi connectivity index (χ3n) is 4.60. The van der Waals surface area contributed by atoms with Gasteiger partial charge in [0.2, 0.25) is 0 Å². The van der Waals surface area contributed by atoms with Gasteiger partial charge in [0.1, 0.15) is 23.7 Å². The molecule has 0 saturated heterocycles. The molecule has 6 aromatic rings. The maximum Gasteiger partial charge on any atom is 0.191 e. The van der Waals surface area contributed by atoms with Gasteiger partial charge in [-0.1, -0.05) is 0 Å². The zero-order valence-electron chi connectivity index (χ0n) is 26.8. The minimum atomic E-state index is 0.734. The van der Waals surface area contributed by atoms with Crippen LogP contribution in [0, 0.1) is 83.1 Å². The van der Waals surface area contributed by atoms with Gasteiger partial charge in [0.25, 0.3) is 0 Å². The maximum atomic E-state index is 4.97. The summed E-state index contributed by atoms with van der Waals surface area (Å²) < 4.78 is 9.83. The first-order valence-electron chi connectivity index (χ1n) is 13.2. The van der Waals surface area contributed by atoms with Crippen molar-refractivity contribution in [1.29, 1.82) is 0 Å². The molecule has 6 heterocycles. The average Bonchev–Trinajstić information content (AvgIpc) is 3.76. The third-order valence-corrected chi connectivity index (χ3v) is 6.32. The Labute approximate surface area is 257 Å². The van der Waals surface area contributed by atoms with Crippen molar-refractivity contribution in [2.45, 2.75) is 83.1 Å². The number of oxazole rings is 2. The van der Waals surface area contributed by atoms with E-state index in [0.29, 0.717) is 0 Å². The van der Waals surface area contributed by atoms with E-state index in [2.05, 4.69) is 52.2 Å². The number of rotatable bonds is 0. The van der Waals surface area contributed by atoms with E-state index >= 15 is 0 Å². The molecule has 10 nitrogen and oxygen atoms in total. The van der Waals surface area contributed by atoms with Crippen LogP contribution in [0.25, 0.3) is 0 Å². The van der Waals surface area contributed by atoms with E-state index in [1.807, 2.05) is 94.8 Å². The van der Waals surface area contributed by atoms with Crippen molar-refractivity contribution in [2.75, 3.05) is 0 Å². The Hall–Kier alpha value is -3.90. The van der Waals surface area contributed by atoms with Crippen LogP contribution in [-0.2, 0) is 0 Å². The standard InChI is InChI=1S/2C5H8N2.2C5H7NO.2C5H7NS/c2*1-4-3-6-5(2)7-4;1-4-3-7-5(2)6-4;1-4-3-6-5(2)7-4;1-4-3-7-5(2)6-4;1-4-3-6-5(2)7-4/h2*3H,1-2H3,(H,6,7);4*3H,1-2H3. The molecular formula is C30H44N8O2S2. The average molecular weight is 613 g/mol. The smallest absolute Gasteiger partial charge is 0.191 e. The molecule has 0 aromatic carbocycles. The molecule has 0 aliphatic carbocycles. The van der Waals surface area contributed by atoms with Crippen LogP contribution in [0.4, 0.5) is 0 Å². The third kappa shape index (κ3) is 17.7. The number of aromatic nitrogens is 8. The van der Waals surface area contributed by atoms with Crippen LogP contribution in [0.3, 0.4) is 0 Å². The fourth-order valence-corrected chi connectivity index (χ4v) is 4.23. The van der Waals surface area contributed by atoms with Gasteiger partial charge >= 0.3 is 0 Å². The zero-order valence-corrected chi connectivity index (χ0v) is 28.4. The summed E-state index contributed by atoms with van der Waals surface area (Å²) >= 11 is 3.42. The van der Waals surface area contributed by atoms with E-state index in [-0.39, 0.29) is 0 Å². The molecule has 0 aliphatic heterocycles. The van der Waals surface area contributed by atoms with Gasteiger partial charge in [0.05, 0.1) is 21.9 Å². The summed E-state index contributed by atoms with van der Waals surface area (Å²) in [6, 6.07) is 0. The first-order chi connectivity index (χ1) is 19.7. The number of nitrogens with zero attached hydrogens (tertiary/aromatic N) is 6. The Morgan fingerprint density at radius 1 is 0.595 bits per heavy atom. The lowest BCUT2D eigenvalue weighted by Crippen LogP contribution is -1.70. The van der Waals surface area contributed by atoms with Crippen LogP contribution < -0.4 is 0 Å². The Balaban J connectivity index is 0.000000252. The van der Waals surface area contributed by atoms with Gasteiger partial charge in [0.15, 0.2) is 11.8 Å². The van der Waals surface area contributed by atoms with Gasteiger partial charge in [0, 0.05) is 59.8 Å². The molecule has 0 radical (unpaired) electrons. The molecule has 0 atom stereocenters. The predicted octanol–water partition coefficient (Wildman–Crippen LogP) is 8.16. The molecule has 0 amide bonds. The lowest BCUT2D eigenvalue weighted by molar-refractivity contribution is 0.494. The molecule has 0 fully saturated rings. The first-order valence-corrected chi connectivity index (χ1v) is 14.9. The highest BCUT2D eigenvalue weighted by atomic mass is 32.1. The van der Waals surface area contributed by atoms with Crippen molar-refractivity contribution in [1.82, 2.24) is 39.9 Å². The SMILES string of the molecule is Cc1cnc(C)[nH]1.Cc1cnc(C)[nH]1.Cc1cnc(C)o1.Cc1cnc(C)s1.Cc1coc(C)n1.Cc1csc(C)n1. The monoisotopic (exact) mass is 612 g/mol. The van der Waals surface area contributed by atoms with Gasteiger partial charge in [-0.2, -0.15) is 0 Å². The summed E-state index contributed by atoms with van der Waals surface area (Å²) in [6.07, 6.45) is 8.86. The quantitative estimate of drug-likeness (QED) is 0.175. The van der Waals surface area contributed by atoms with Crippen molar-refractivity contribution < 1.29 is 8.83 Å². The van der Waals surface area contributed by atoms with Gasteiger partial charge in [-0.15, -0.1) is 22.7 Å². The Morgan fingerprint density at radius 2 is 1.19 bits per heavy atom. The van der Waals surface area contributed by atoms with E-state index < -0.39 is 0 Å². The number of imidazole rings is 2. The summed E-state index contributed by atoms with van der Waals surface area (Å²) in [5.41, 5.74) is 4.31. The van der Waals surface area contributed by atoms with Gasteiger partial charge in [-0.25, -0.2) is 29.9 Å². The summed E-state index contributed by atoms with van der Waals surface area (Å²) in [5, 5.41) is 4.35. The van der Waals surface area contributed by atoms with E-state index in [0.717, 1.165) is 62.0 Å². The van der Waals surface area contributed by atoms with Crippen LogP contribution in [0.5, 0.6) is 0 Å². The number of hydrogen-bond acceptors (Lipinski definition) is 10. The van der Waals surface area contributed by atoms with Crippen LogP contribution in [0.1, 0.15) is 66.9 Å². The second-order valence-electron chi connectivity index (χ2n) is 9.30. The Kier molecular flexibility index (Phi) is 16.6. The highest BCUT2D eigenvalue weighted by Gasteiger charge is 1.89. The van der Waals surface area contributed by atoms with Gasteiger partial charge in [-0.3, -0.25) is 0 Å². The molecule has 0 unspecified atom stereocenters. The predicted molar refractivity (Wildman–Crippen MR) is 171 cm³/mol. The van der Waals surface area contributed by atoms with Crippen LogP contribution in [0.2, 0.25) is 0 Å². The van der Waals surface area contributed by atoms with Gasteiger partial charge in [-0.05, 0) is 69.2 Å². The summed E-state index contributed by atoms with van der Waals surface area (Å²) in [7, 11) is 0. The lowest BCUT2D eigenvalue weighted by atomic mass is 10.6. The second kappa shape index (κ2) is 19.3. The Morgan fingerprint density at radius 3 is 1.31 bits per heavy atom. The lowest BCUT2D eigenvalue weighted by Gasteiger charge is -1.74. The van der Waals surface area contributed by atoms with Crippen LogP contribution >= 0.6 is 22.7 Å². The second-order valence-corrected chi connectivity index (χ2v) is 11.8. The topological polar surface area (TPSA) is 135 Å². The van der Waals surface area contributed by atoms with Crippen LogP contribution in [-0.4, -0.2) is 39.9 Å². The molecule has 6 aromatic heterocycles. The van der Waals surface area contributed by atoms with Crippen molar-refractivity contribution in [2.24, 2.45) is 0 Å². The van der Waals surface area contributed by atoms with E-state index in [1.165, 1.54) is 4.88 Å². The number of aryl methyl sites for hydroxylation is 12. The van der Waals surface area contributed by atoms with Gasteiger partial charge < -0.3 is 18.8 Å². The summed E-state index contributed by atoms with van der Waals surface area (Å²) in [5.74, 6) is 4.31. The van der Waals surface area contributed by atoms with E-state index in [9.17, 15) is 0 Å². The largest absolute Gasteiger partial charge is 0.449 e.